The van der Waals surface area contributed by atoms with E-state index in [1.807, 2.05) is 11.6 Å². The molecule has 3 heteroatoms. The van der Waals surface area contributed by atoms with Gasteiger partial charge < -0.3 is 5.73 Å². The van der Waals surface area contributed by atoms with E-state index < -0.39 is 0 Å². The Bertz CT molecular complexity index is 362. The minimum absolute atomic E-state index is 0.00181. The molecule has 0 aliphatic heterocycles. The molecule has 1 heterocycles. The topological polar surface area (TPSA) is 38.9 Å². The average molecular weight is 266 g/mol. The highest BCUT2D eigenvalue weighted by Crippen LogP contribution is 2.43. The van der Waals surface area contributed by atoms with E-state index in [4.69, 9.17) is 5.73 Å². The minimum atomic E-state index is -0.00181. The van der Waals surface area contributed by atoms with Crippen LogP contribution in [0.25, 0.3) is 0 Å². The van der Waals surface area contributed by atoms with Crippen LogP contribution in [0.15, 0.2) is 11.6 Å². The fourth-order valence-electron chi connectivity index (χ4n) is 3.08. The molecule has 1 aromatic heterocycles. The molecule has 1 fully saturated rings. The third-order valence-electron chi connectivity index (χ3n) is 4.98. The summed E-state index contributed by atoms with van der Waals surface area (Å²) in [5.41, 5.74) is 7.04. The molecule has 1 aliphatic rings. The van der Waals surface area contributed by atoms with Crippen LogP contribution in [0.1, 0.15) is 57.9 Å². The number of hydrogen-bond donors (Lipinski definition) is 1. The summed E-state index contributed by atoms with van der Waals surface area (Å²) in [6.07, 6.45) is 8.98. The zero-order chi connectivity index (χ0) is 13.2. The Morgan fingerprint density at radius 1 is 1.44 bits per heavy atom. The summed E-state index contributed by atoms with van der Waals surface area (Å²) in [6.45, 7) is 7.11. The van der Waals surface area contributed by atoms with Gasteiger partial charge in [-0.1, -0.05) is 27.2 Å². The van der Waals surface area contributed by atoms with Crippen molar-refractivity contribution in [3.63, 3.8) is 0 Å². The Hall–Kier alpha value is -0.410. The molecule has 2 rings (SSSR count). The lowest BCUT2D eigenvalue weighted by Crippen LogP contribution is -2.47. The molecule has 0 atom stereocenters. The van der Waals surface area contributed by atoms with Gasteiger partial charge in [-0.15, -0.1) is 11.3 Å². The smallest absolute Gasteiger partial charge is 0.0943 e. The summed E-state index contributed by atoms with van der Waals surface area (Å²) >= 11 is 1.73. The van der Waals surface area contributed by atoms with Crippen LogP contribution < -0.4 is 5.73 Å². The maximum absolute atomic E-state index is 6.56. The van der Waals surface area contributed by atoms with E-state index in [0.29, 0.717) is 5.41 Å². The summed E-state index contributed by atoms with van der Waals surface area (Å²) < 4.78 is 0. The van der Waals surface area contributed by atoms with Crippen molar-refractivity contribution in [2.75, 3.05) is 0 Å². The largest absolute Gasteiger partial charge is 0.325 e. The first-order valence-corrected chi connectivity index (χ1v) is 8.00. The molecule has 0 saturated heterocycles. The second-order valence-electron chi connectivity index (χ2n) is 6.58. The fraction of sp³-hybridized carbons (Fsp3) is 0.800. The van der Waals surface area contributed by atoms with Gasteiger partial charge in [0.05, 0.1) is 5.01 Å². The number of nitrogens with two attached hydrogens (primary N) is 1. The summed E-state index contributed by atoms with van der Waals surface area (Å²) in [5.74, 6) is 0.843. The van der Waals surface area contributed by atoms with Crippen molar-refractivity contribution in [3.05, 3.63) is 16.6 Å². The van der Waals surface area contributed by atoms with Crippen LogP contribution in [-0.4, -0.2) is 10.5 Å². The zero-order valence-electron chi connectivity index (χ0n) is 11.9. The lowest BCUT2D eigenvalue weighted by Gasteiger charge is -2.43. The maximum Gasteiger partial charge on any atom is 0.0943 e. The quantitative estimate of drug-likeness (QED) is 0.894. The first kappa shape index (κ1) is 14.0. The number of nitrogens with zero attached hydrogens (tertiary/aromatic N) is 1. The molecular weight excluding hydrogens is 240 g/mol. The lowest BCUT2D eigenvalue weighted by molar-refractivity contribution is 0.115. The number of hydrogen-bond acceptors (Lipinski definition) is 3. The number of aromatic nitrogens is 1. The number of rotatable bonds is 4. The average Bonchev–Trinajstić information content (AvgIpc) is 2.82. The van der Waals surface area contributed by atoms with Gasteiger partial charge in [-0.3, -0.25) is 0 Å². The van der Waals surface area contributed by atoms with Crippen LogP contribution in [0.4, 0.5) is 0 Å². The third-order valence-corrected chi connectivity index (χ3v) is 5.76. The lowest BCUT2D eigenvalue weighted by atomic mass is 9.65. The monoisotopic (exact) mass is 266 g/mol. The Morgan fingerprint density at radius 3 is 2.61 bits per heavy atom. The van der Waals surface area contributed by atoms with Crippen molar-refractivity contribution in [3.8, 4) is 0 Å². The normalized spacial score (nSPS) is 29.4. The second-order valence-corrected chi connectivity index (χ2v) is 7.56. The van der Waals surface area contributed by atoms with Gasteiger partial charge >= 0.3 is 0 Å². The van der Waals surface area contributed by atoms with Crippen molar-refractivity contribution < 1.29 is 0 Å². The summed E-state index contributed by atoms with van der Waals surface area (Å²) in [7, 11) is 0. The van der Waals surface area contributed by atoms with Gasteiger partial charge in [0.25, 0.3) is 0 Å². The molecule has 0 aromatic carbocycles. The molecule has 2 N–H and O–H groups in total. The number of thiazole rings is 1. The van der Waals surface area contributed by atoms with Gasteiger partial charge in [-0.2, -0.15) is 0 Å². The standard InChI is InChI=1S/C15H26N2S/c1-4-14(2,3)12-5-7-15(16,8-6-12)11-13-17-9-10-18-13/h9-10,12H,4-8,11,16H2,1-3H3. The van der Waals surface area contributed by atoms with Crippen LogP contribution in [0.3, 0.4) is 0 Å². The molecular formula is C15H26N2S. The molecule has 0 bridgehead atoms. The second kappa shape index (κ2) is 5.30. The van der Waals surface area contributed by atoms with Crippen LogP contribution in [0.5, 0.6) is 0 Å². The Labute approximate surface area is 115 Å². The molecule has 0 unspecified atom stereocenters. The van der Waals surface area contributed by atoms with Crippen molar-refractivity contribution >= 4 is 11.3 Å². The van der Waals surface area contributed by atoms with E-state index in [9.17, 15) is 0 Å². The van der Waals surface area contributed by atoms with E-state index in [1.165, 1.54) is 24.3 Å². The van der Waals surface area contributed by atoms with Crippen molar-refractivity contribution in [2.24, 2.45) is 17.1 Å². The van der Waals surface area contributed by atoms with Crippen LogP contribution in [-0.2, 0) is 6.42 Å². The van der Waals surface area contributed by atoms with E-state index in [2.05, 4.69) is 25.8 Å². The summed E-state index contributed by atoms with van der Waals surface area (Å²) in [5, 5.41) is 3.25. The Balaban J connectivity index is 1.93. The minimum Gasteiger partial charge on any atom is -0.325 e. The van der Waals surface area contributed by atoms with Gasteiger partial charge in [0.1, 0.15) is 0 Å². The molecule has 0 amide bonds. The van der Waals surface area contributed by atoms with E-state index >= 15 is 0 Å². The van der Waals surface area contributed by atoms with Crippen LogP contribution in [0.2, 0.25) is 0 Å². The first-order chi connectivity index (χ1) is 8.45. The maximum atomic E-state index is 6.56. The SMILES string of the molecule is CCC(C)(C)C1CCC(N)(Cc2nccs2)CC1. The molecule has 0 radical (unpaired) electrons. The van der Waals surface area contributed by atoms with E-state index in [-0.39, 0.29) is 5.54 Å². The predicted molar refractivity (Wildman–Crippen MR) is 78.8 cm³/mol. The van der Waals surface area contributed by atoms with Gasteiger partial charge in [-0.25, -0.2) is 4.98 Å². The highest BCUT2D eigenvalue weighted by molar-refractivity contribution is 7.09. The van der Waals surface area contributed by atoms with E-state index in [0.717, 1.165) is 25.2 Å². The molecule has 1 aromatic rings. The zero-order valence-corrected chi connectivity index (χ0v) is 12.7. The Morgan fingerprint density at radius 2 is 2.11 bits per heavy atom. The molecule has 1 aliphatic carbocycles. The van der Waals surface area contributed by atoms with Crippen LogP contribution in [0, 0.1) is 11.3 Å². The van der Waals surface area contributed by atoms with Gasteiger partial charge in [-0.05, 0) is 37.0 Å². The van der Waals surface area contributed by atoms with Crippen LogP contribution >= 0.6 is 11.3 Å². The molecule has 18 heavy (non-hydrogen) atoms. The van der Waals surface area contributed by atoms with Crippen molar-refractivity contribution in [1.29, 1.82) is 0 Å². The first-order valence-electron chi connectivity index (χ1n) is 7.12. The van der Waals surface area contributed by atoms with Gasteiger partial charge in [0.15, 0.2) is 0 Å². The molecule has 0 spiro atoms. The summed E-state index contributed by atoms with van der Waals surface area (Å²) in [4.78, 5) is 4.38. The third kappa shape index (κ3) is 3.12. The molecule has 1 saturated carbocycles. The highest BCUT2D eigenvalue weighted by Gasteiger charge is 2.37. The fourth-order valence-corrected chi connectivity index (χ4v) is 3.85. The highest BCUT2D eigenvalue weighted by atomic mass is 32.1. The summed E-state index contributed by atoms with van der Waals surface area (Å²) in [6, 6.07) is 0. The van der Waals surface area contributed by atoms with E-state index in [1.54, 1.807) is 11.3 Å². The molecule has 102 valence electrons. The van der Waals surface area contributed by atoms with Crippen molar-refractivity contribution in [2.45, 2.75) is 64.8 Å². The Kier molecular flexibility index (Phi) is 4.12. The predicted octanol–water partition coefficient (Wildman–Crippen LogP) is 4.01. The van der Waals surface area contributed by atoms with Gasteiger partial charge in [0.2, 0.25) is 0 Å². The molecule has 2 nitrogen and oxygen atoms in total. The van der Waals surface area contributed by atoms with Gasteiger partial charge in [0, 0.05) is 23.5 Å². The van der Waals surface area contributed by atoms with Crippen molar-refractivity contribution in [1.82, 2.24) is 4.98 Å².